The van der Waals surface area contributed by atoms with E-state index in [9.17, 15) is 13.8 Å². The number of nitrogens with zero attached hydrogens (tertiary/aromatic N) is 1. The number of carbonyl (C=O) groups excluding carboxylic acids is 2. The van der Waals surface area contributed by atoms with Gasteiger partial charge in [0.2, 0.25) is 11.8 Å². The van der Waals surface area contributed by atoms with Gasteiger partial charge in [0, 0.05) is 29.5 Å². The lowest BCUT2D eigenvalue weighted by Gasteiger charge is -2.16. The first-order chi connectivity index (χ1) is 6.40. The van der Waals surface area contributed by atoms with E-state index in [1.807, 2.05) is 0 Å². The van der Waals surface area contributed by atoms with Crippen LogP contribution in [-0.2, 0) is 20.4 Å². The molecule has 0 bridgehead atoms. The third-order valence-corrected chi connectivity index (χ3v) is 3.02. The first kappa shape index (κ1) is 13.3. The Morgan fingerprint density at radius 2 is 1.86 bits per heavy atom. The van der Waals surface area contributed by atoms with E-state index < -0.39 is 10.8 Å². The summed E-state index contributed by atoms with van der Waals surface area (Å²) in [5.41, 5.74) is 0. The van der Waals surface area contributed by atoms with Crippen LogP contribution >= 0.6 is 0 Å². The zero-order valence-corrected chi connectivity index (χ0v) is 9.89. The molecule has 2 amide bonds. The van der Waals surface area contributed by atoms with Crippen molar-refractivity contribution in [2.24, 2.45) is 5.92 Å². The molecule has 0 fully saturated rings. The van der Waals surface area contributed by atoms with E-state index in [1.165, 1.54) is 7.05 Å². The summed E-state index contributed by atoms with van der Waals surface area (Å²) in [6.45, 7) is 5.19. The van der Waals surface area contributed by atoms with Gasteiger partial charge in [-0.1, -0.05) is 20.8 Å². The highest BCUT2D eigenvalue weighted by Gasteiger charge is 2.20. The first-order valence-corrected chi connectivity index (χ1v) is 6.04. The summed E-state index contributed by atoms with van der Waals surface area (Å²) in [6, 6.07) is 0. The maximum absolute atomic E-state index is 11.4. The average molecular weight is 219 g/mol. The van der Waals surface area contributed by atoms with Gasteiger partial charge >= 0.3 is 0 Å². The van der Waals surface area contributed by atoms with Gasteiger partial charge in [0.1, 0.15) is 5.75 Å². The molecule has 0 aliphatic rings. The molecule has 0 radical (unpaired) electrons. The minimum atomic E-state index is -1.15. The SMILES string of the molecule is CCS(=O)CC(=O)N(C)C(=O)C(C)C. The number of amides is 2. The molecule has 0 aromatic carbocycles. The van der Waals surface area contributed by atoms with Crippen molar-refractivity contribution in [3.8, 4) is 0 Å². The Kier molecular flexibility index (Phi) is 5.60. The van der Waals surface area contributed by atoms with E-state index in [1.54, 1.807) is 20.8 Å². The molecule has 14 heavy (non-hydrogen) atoms. The van der Waals surface area contributed by atoms with E-state index >= 15 is 0 Å². The molecule has 0 aliphatic heterocycles. The molecule has 0 saturated carbocycles. The molecule has 0 aliphatic carbocycles. The maximum atomic E-state index is 11.4. The summed E-state index contributed by atoms with van der Waals surface area (Å²) < 4.78 is 11.1. The van der Waals surface area contributed by atoms with Crippen LogP contribution in [0.1, 0.15) is 20.8 Å². The first-order valence-electron chi connectivity index (χ1n) is 4.55. The summed E-state index contributed by atoms with van der Waals surface area (Å²) in [5, 5.41) is 0. The normalized spacial score (nSPS) is 12.6. The summed E-state index contributed by atoms with van der Waals surface area (Å²) >= 11 is 0. The Hall–Kier alpha value is -0.710. The Morgan fingerprint density at radius 3 is 2.21 bits per heavy atom. The van der Waals surface area contributed by atoms with Crippen LogP contribution in [0.5, 0.6) is 0 Å². The largest absolute Gasteiger partial charge is 0.285 e. The fourth-order valence-electron chi connectivity index (χ4n) is 0.847. The quantitative estimate of drug-likeness (QED) is 0.687. The standard InChI is InChI=1S/C9H17NO3S/c1-5-14(13)6-8(11)10(4)9(12)7(2)3/h7H,5-6H2,1-4H3. The van der Waals surface area contributed by atoms with E-state index in [-0.39, 0.29) is 23.5 Å². The van der Waals surface area contributed by atoms with E-state index in [4.69, 9.17) is 0 Å². The van der Waals surface area contributed by atoms with Gasteiger partial charge in [-0.2, -0.15) is 0 Å². The molecule has 1 atom stereocenters. The summed E-state index contributed by atoms with van der Waals surface area (Å²) in [5.74, 6) is -0.438. The van der Waals surface area contributed by atoms with Gasteiger partial charge < -0.3 is 0 Å². The van der Waals surface area contributed by atoms with Crippen molar-refractivity contribution in [3.63, 3.8) is 0 Å². The third-order valence-electron chi connectivity index (χ3n) is 1.81. The van der Waals surface area contributed by atoms with Gasteiger partial charge in [0.25, 0.3) is 0 Å². The highest BCUT2D eigenvalue weighted by Crippen LogP contribution is 2.00. The lowest BCUT2D eigenvalue weighted by atomic mass is 10.2. The molecule has 0 rings (SSSR count). The van der Waals surface area contributed by atoms with E-state index in [2.05, 4.69) is 0 Å². The van der Waals surface area contributed by atoms with E-state index in [0.717, 1.165) is 4.90 Å². The second kappa shape index (κ2) is 5.90. The molecule has 1 unspecified atom stereocenters. The molecule has 5 heteroatoms. The van der Waals surface area contributed by atoms with Crippen molar-refractivity contribution in [1.82, 2.24) is 4.90 Å². The van der Waals surface area contributed by atoms with Gasteiger partial charge in [-0.15, -0.1) is 0 Å². The number of imide groups is 1. The van der Waals surface area contributed by atoms with Crippen LogP contribution in [0.4, 0.5) is 0 Å². The molecule has 0 aromatic heterocycles. The van der Waals surface area contributed by atoms with Gasteiger partial charge in [-0.25, -0.2) is 0 Å². The van der Waals surface area contributed by atoms with Crippen LogP contribution in [0, 0.1) is 5.92 Å². The lowest BCUT2D eigenvalue weighted by Crippen LogP contribution is -2.38. The van der Waals surface area contributed by atoms with Crippen molar-refractivity contribution >= 4 is 22.6 Å². The maximum Gasteiger partial charge on any atom is 0.241 e. The predicted molar refractivity (Wildman–Crippen MR) is 56.2 cm³/mol. The topological polar surface area (TPSA) is 54.5 Å². The van der Waals surface area contributed by atoms with Crippen LogP contribution < -0.4 is 0 Å². The van der Waals surface area contributed by atoms with Crippen LogP contribution in [0.25, 0.3) is 0 Å². The monoisotopic (exact) mass is 219 g/mol. The zero-order valence-electron chi connectivity index (χ0n) is 9.07. The fraction of sp³-hybridized carbons (Fsp3) is 0.778. The average Bonchev–Trinajstić information content (AvgIpc) is 2.14. The number of hydrogen-bond donors (Lipinski definition) is 0. The van der Waals surface area contributed by atoms with Crippen LogP contribution in [0.15, 0.2) is 0 Å². The van der Waals surface area contributed by atoms with Crippen LogP contribution in [-0.4, -0.2) is 39.5 Å². The molecule has 0 saturated heterocycles. The lowest BCUT2D eigenvalue weighted by molar-refractivity contribution is -0.143. The molecule has 0 spiro atoms. The zero-order chi connectivity index (χ0) is 11.3. The number of rotatable bonds is 4. The van der Waals surface area contributed by atoms with Crippen LogP contribution in [0.2, 0.25) is 0 Å². The molecule has 0 aromatic rings. The summed E-state index contributed by atoms with van der Waals surface area (Å²) in [6.07, 6.45) is 0. The molecular weight excluding hydrogens is 202 g/mol. The Balaban J connectivity index is 4.26. The van der Waals surface area contributed by atoms with Crippen molar-refractivity contribution in [2.45, 2.75) is 20.8 Å². The van der Waals surface area contributed by atoms with Gasteiger partial charge in [-0.05, 0) is 0 Å². The highest BCUT2D eigenvalue weighted by molar-refractivity contribution is 7.85. The summed E-state index contributed by atoms with van der Waals surface area (Å²) in [4.78, 5) is 23.8. The molecule has 82 valence electrons. The Labute approximate surface area is 87.1 Å². The molecular formula is C9H17NO3S. The molecule has 0 heterocycles. The highest BCUT2D eigenvalue weighted by atomic mass is 32.2. The minimum absolute atomic E-state index is 0.0640. The molecule has 0 N–H and O–H groups in total. The fourth-order valence-corrected chi connectivity index (χ4v) is 1.52. The van der Waals surface area contributed by atoms with Gasteiger partial charge in [0.15, 0.2) is 0 Å². The van der Waals surface area contributed by atoms with Gasteiger partial charge in [-0.3, -0.25) is 18.7 Å². The smallest absolute Gasteiger partial charge is 0.241 e. The minimum Gasteiger partial charge on any atom is -0.285 e. The van der Waals surface area contributed by atoms with E-state index in [0.29, 0.717) is 5.75 Å². The van der Waals surface area contributed by atoms with Crippen molar-refractivity contribution in [1.29, 1.82) is 0 Å². The summed E-state index contributed by atoms with van der Waals surface area (Å²) in [7, 11) is 0.277. The number of carbonyl (C=O) groups is 2. The van der Waals surface area contributed by atoms with Crippen LogP contribution in [0.3, 0.4) is 0 Å². The van der Waals surface area contributed by atoms with Gasteiger partial charge in [0.05, 0.1) is 0 Å². The van der Waals surface area contributed by atoms with Crippen molar-refractivity contribution in [2.75, 3.05) is 18.6 Å². The second-order valence-electron chi connectivity index (χ2n) is 3.32. The Morgan fingerprint density at radius 1 is 1.36 bits per heavy atom. The van der Waals surface area contributed by atoms with Crippen molar-refractivity contribution in [3.05, 3.63) is 0 Å². The predicted octanol–water partition coefficient (Wildman–Crippen LogP) is 0.396. The third kappa shape index (κ3) is 4.00. The Bertz CT molecular complexity index is 250. The number of hydrogen-bond acceptors (Lipinski definition) is 3. The molecule has 4 nitrogen and oxygen atoms in total. The van der Waals surface area contributed by atoms with Crippen molar-refractivity contribution < 1.29 is 13.8 Å². The second-order valence-corrected chi connectivity index (χ2v) is 5.06.